The molecule has 2 N–H and O–H groups in total. The van der Waals surface area contributed by atoms with Crippen LogP contribution in [0.15, 0.2) is 42.5 Å². The van der Waals surface area contributed by atoms with Crippen LogP contribution in [0.3, 0.4) is 0 Å². The number of rotatable bonds is 11. The molecule has 2 aromatic rings. The predicted molar refractivity (Wildman–Crippen MR) is 158 cm³/mol. The average Bonchev–Trinajstić information content (AvgIpc) is 3.33. The van der Waals surface area contributed by atoms with Crippen molar-refractivity contribution in [1.82, 2.24) is 25.0 Å². The van der Waals surface area contributed by atoms with Gasteiger partial charge in [-0.05, 0) is 68.4 Å². The van der Waals surface area contributed by atoms with Gasteiger partial charge in [0.15, 0.2) is 5.75 Å². The Kier molecular flexibility index (Phi) is 11.3. The number of nitriles is 1. The van der Waals surface area contributed by atoms with E-state index in [-0.39, 0.29) is 24.9 Å². The number of ether oxygens (including phenoxy) is 1. The van der Waals surface area contributed by atoms with Crippen molar-refractivity contribution in [2.45, 2.75) is 12.8 Å². The summed E-state index contributed by atoms with van der Waals surface area (Å²) in [6.07, 6.45) is 2.38. The molecule has 12 heteroatoms. The second kappa shape index (κ2) is 15.1. The van der Waals surface area contributed by atoms with Gasteiger partial charge >= 0.3 is 0 Å². The molecule has 0 spiro atoms. The Labute approximate surface area is 245 Å². The first kappa shape index (κ1) is 30.0. The van der Waals surface area contributed by atoms with E-state index in [1.165, 1.54) is 12.8 Å². The zero-order chi connectivity index (χ0) is 28.3. The third kappa shape index (κ3) is 8.74. The molecule has 2 aliphatic heterocycles. The highest BCUT2D eigenvalue weighted by molar-refractivity contribution is 7.97. The molecule has 2 saturated heterocycles. The Balaban J connectivity index is 1.55. The molecule has 0 aromatic heterocycles. The topological polar surface area (TPSA) is 104 Å². The van der Waals surface area contributed by atoms with Crippen molar-refractivity contribution in [1.29, 1.82) is 5.26 Å². The zero-order valence-electron chi connectivity index (χ0n) is 22.8. The number of nitrogens with zero attached hydrogens (tertiary/aromatic N) is 5. The highest BCUT2D eigenvalue weighted by atomic mass is 35.5. The predicted octanol–water partition coefficient (Wildman–Crippen LogP) is 2.95. The number of carbonyl (C=O) groups is 2. The highest BCUT2D eigenvalue weighted by Crippen LogP contribution is 2.34. The molecule has 0 aliphatic carbocycles. The lowest BCUT2D eigenvalue weighted by molar-refractivity contribution is -0.143. The fourth-order valence-electron chi connectivity index (χ4n) is 4.67. The van der Waals surface area contributed by atoms with Gasteiger partial charge in [0, 0.05) is 50.5 Å². The molecular formula is C28H36ClN7O3S. The molecule has 2 fully saturated rings. The molecule has 0 bridgehead atoms. The van der Waals surface area contributed by atoms with E-state index in [0.717, 1.165) is 38.5 Å². The van der Waals surface area contributed by atoms with Crippen LogP contribution >= 0.6 is 23.5 Å². The fourth-order valence-corrected chi connectivity index (χ4v) is 5.48. The quantitative estimate of drug-likeness (QED) is 0.385. The summed E-state index contributed by atoms with van der Waals surface area (Å²) in [6, 6.07) is 14.1. The lowest BCUT2D eigenvalue weighted by Gasteiger charge is -2.33. The Morgan fingerprint density at radius 3 is 2.65 bits per heavy atom. The van der Waals surface area contributed by atoms with Crippen LogP contribution in [0.5, 0.6) is 11.5 Å². The van der Waals surface area contributed by atoms with E-state index in [1.54, 1.807) is 71.4 Å². The van der Waals surface area contributed by atoms with Crippen molar-refractivity contribution < 1.29 is 14.3 Å². The van der Waals surface area contributed by atoms with Crippen LogP contribution in [0.2, 0.25) is 5.02 Å². The van der Waals surface area contributed by atoms with Gasteiger partial charge in [0.1, 0.15) is 5.75 Å². The van der Waals surface area contributed by atoms with Gasteiger partial charge in [-0.15, -0.1) is 0 Å². The fraction of sp³-hybridized carbons (Fsp3) is 0.464. The summed E-state index contributed by atoms with van der Waals surface area (Å²) in [5.41, 5.74) is 0.882. The molecule has 10 nitrogen and oxygen atoms in total. The van der Waals surface area contributed by atoms with Crippen molar-refractivity contribution in [3.63, 3.8) is 0 Å². The smallest absolute Gasteiger partial charge is 0.256 e. The number of halogens is 1. The third-order valence-corrected chi connectivity index (χ3v) is 7.94. The SMILES string of the molecule is CN(C(=O)CN(CC(=O)NCCN1CCCC1)c1cc(C#N)ccc1Oc1ccc(Cl)cc1)N1CCNSCC1. The average molecular weight is 586 g/mol. The monoisotopic (exact) mass is 585 g/mol. The van der Waals surface area contributed by atoms with Gasteiger partial charge in [0.25, 0.3) is 5.91 Å². The number of likely N-dealkylation sites (N-methyl/N-ethyl adjacent to an activating group) is 1. The number of carbonyl (C=O) groups excluding carboxylic acids is 2. The van der Waals surface area contributed by atoms with Crippen LogP contribution < -0.4 is 19.7 Å². The van der Waals surface area contributed by atoms with Crippen LogP contribution in [0.1, 0.15) is 18.4 Å². The first-order valence-corrected chi connectivity index (χ1v) is 14.9. The van der Waals surface area contributed by atoms with Crippen LogP contribution in [0, 0.1) is 11.3 Å². The maximum absolute atomic E-state index is 13.5. The van der Waals surface area contributed by atoms with Crippen molar-refractivity contribution in [2.24, 2.45) is 0 Å². The van der Waals surface area contributed by atoms with E-state index in [2.05, 4.69) is 21.0 Å². The van der Waals surface area contributed by atoms with E-state index in [0.29, 0.717) is 40.9 Å². The number of anilines is 1. The van der Waals surface area contributed by atoms with E-state index in [1.807, 2.05) is 5.01 Å². The third-order valence-electron chi connectivity index (χ3n) is 6.89. The molecule has 2 aliphatic rings. The normalized spacial score (nSPS) is 16.1. The molecule has 2 aromatic carbocycles. The summed E-state index contributed by atoms with van der Waals surface area (Å²) >= 11 is 7.68. The minimum atomic E-state index is -0.204. The van der Waals surface area contributed by atoms with Crippen molar-refractivity contribution in [3.05, 3.63) is 53.1 Å². The largest absolute Gasteiger partial charge is 0.455 e. The Morgan fingerprint density at radius 1 is 1.12 bits per heavy atom. The number of nitrogens with one attached hydrogen (secondary N) is 2. The van der Waals surface area contributed by atoms with Crippen LogP contribution in [0.25, 0.3) is 0 Å². The second-order valence-electron chi connectivity index (χ2n) is 9.72. The van der Waals surface area contributed by atoms with Gasteiger partial charge in [-0.25, -0.2) is 5.01 Å². The number of amides is 2. The van der Waals surface area contributed by atoms with Crippen molar-refractivity contribution in [2.75, 3.05) is 76.6 Å². The molecule has 0 unspecified atom stereocenters. The van der Waals surface area contributed by atoms with E-state index in [4.69, 9.17) is 16.3 Å². The summed E-state index contributed by atoms with van der Waals surface area (Å²) in [4.78, 5) is 30.7. The molecule has 0 atom stereocenters. The molecule has 0 saturated carbocycles. The van der Waals surface area contributed by atoms with Gasteiger partial charge in [-0.3, -0.25) is 19.3 Å². The first-order chi connectivity index (χ1) is 19.4. The standard InChI is InChI=1S/C28H36ClN7O3S/c1-33(36-15-11-32-40-17-16-36)28(38)21-35(20-27(37)31-10-14-34-12-2-3-13-34)25-18-22(19-30)4-9-26(25)39-24-7-5-23(29)6-8-24/h4-9,18,32H,2-3,10-17,20-21H2,1H3,(H,31,37). The van der Waals surface area contributed by atoms with Crippen LogP contribution in [-0.2, 0) is 9.59 Å². The molecule has 0 radical (unpaired) electrons. The highest BCUT2D eigenvalue weighted by Gasteiger charge is 2.25. The molecule has 214 valence electrons. The number of hydrogen-bond acceptors (Lipinski definition) is 9. The molecule has 4 rings (SSSR count). The number of benzene rings is 2. The van der Waals surface area contributed by atoms with Crippen molar-refractivity contribution >= 4 is 41.1 Å². The van der Waals surface area contributed by atoms with Gasteiger partial charge in [-0.2, -0.15) is 5.26 Å². The lowest BCUT2D eigenvalue weighted by Crippen LogP contribution is -2.51. The Bertz CT molecular complexity index is 1180. The van der Waals surface area contributed by atoms with Crippen LogP contribution in [-0.4, -0.2) is 98.4 Å². The Hall–Kier alpha value is -3.01. The summed E-state index contributed by atoms with van der Waals surface area (Å²) in [6.45, 7) is 5.48. The van der Waals surface area contributed by atoms with Crippen LogP contribution in [0.4, 0.5) is 5.69 Å². The summed E-state index contributed by atoms with van der Waals surface area (Å²) in [5, 5.41) is 16.8. The van der Waals surface area contributed by atoms with Crippen molar-refractivity contribution in [3.8, 4) is 17.6 Å². The maximum Gasteiger partial charge on any atom is 0.256 e. The number of hydrogen-bond donors (Lipinski definition) is 2. The summed E-state index contributed by atoms with van der Waals surface area (Å²) < 4.78 is 9.42. The lowest BCUT2D eigenvalue weighted by atomic mass is 10.1. The number of likely N-dealkylation sites (tertiary alicyclic amines) is 1. The molecular weight excluding hydrogens is 550 g/mol. The summed E-state index contributed by atoms with van der Waals surface area (Å²) in [7, 11) is 1.75. The molecule has 2 heterocycles. The minimum Gasteiger partial charge on any atom is -0.455 e. The van der Waals surface area contributed by atoms with E-state index < -0.39 is 0 Å². The van der Waals surface area contributed by atoms with Gasteiger partial charge in [0.2, 0.25) is 5.91 Å². The molecule has 40 heavy (non-hydrogen) atoms. The maximum atomic E-state index is 13.5. The van der Waals surface area contributed by atoms with Gasteiger partial charge in [0.05, 0.1) is 30.4 Å². The van der Waals surface area contributed by atoms with Gasteiger partial charge < -0.3 is 19.9 Å². The van der Waals surface area contributed by atoms with Gasteiger partial charge in [-0.1, -0.05) is 23.5 Å². The van der Waals surface area contributed by atoms with E-state index >= 15 is 0 Å². The zero-order valence-corrected chi connectivity index (χ0v) is 24.3. The second-order valence-corrected chi connectivity index (χ2v) is 11.1. The first-order valence-electron chi connectivity index (χ1n) is 13.5. The minimum absolute atomic E-state index is 0.0666. The summed E-state index contributed by atoms with van der Waals surface area (Å²) in [5.74, 6) is 1.45. The van der Waals surface area contributed by atoms with E-state index in [9.17, 15) is 14.9 Å². The molecule has 2 amide bonds. The number of hydrazine groups is 1. The Morgan fingerprint density at radius 2 is 1.90 bits per heavy atom.